The third-order valence-electron chi connectivity index (χ3n) is 2.72. The number of nitrogens with zero attached hydrogens (tertiary/aromatic N) is 1. The molecule has 5 heteroatoms. The molecule has 0 aliphatic heterocycles. The van der Waals surface area contributed by atoms with Gasteiger partial charge in [0.15, 0.2) is 5.96 Å². The third kappa shape index (κ3) is 5.95. The van der Waals surface area contributed by atoms with Gasteiger partial charge in [0.25, 0.3) is 0 Å². The number of rotatable bonds is 7. The van der Waals surface area contributed by atoms with Gasteiger partial charge in [-0.15, -0.1) is 11.8 Å². The van der Waals surface area contributed by atoms with Crippen LogP contribution < -0.4 is 10.6 Å². The van der Waals surface area contributed by atoms with Crippen LogP contribution in [0.1, 0.15) is 12.7 Å². The molecule has 0 saturated heterocycles. The summed E-state index contributed by atoms with van der Waals surface area (Å²) in [6.45, 7) is 4.32. The van der Waals surface area contributed by atoms with E-state index >= 15 is 0 Å². The first-order chi connectivity index (χ1) is 10.4. The SMILES string of the molecule is CCNC(=NCc1ccco1)NCCSc1ccccc1. The Balaban J connectivity index is 1.73. The van der Waals surface area contributed by atoms with Crippen LogP contribution in [0, 0.1) is 0 Å². The molecular weight excluding hydrogens is 282 g/mol. The lowest BCUT2D eigenvalue weighted by atomic mass is 10.4. The molecule has 2 N–H and O–H groups in total. The summed E-state index contributed by atoms with van der Waals surface area (Å²) in [5.74, 6) is 2.68. The molecule has 2 aromatic rings. The van der Waals surface area contributed by atoms with Crippen LogP contribution in [0.25, 0.3) is 0 Å². The Morgan fingerprint density at radius 2 is 2.00 bits per heavy atom. The van der Waals surface area contributed by atoms with E-state index in [1.54, 1.807) is 6.26 Å². The quantitative estimate of drug-likeness (QED) is 0.357. The average Bonchev–Trinajstić information content (AvgIpc) is 3.03. The van der Waals surface area contributed by atoms with Gasteiger partial charge in [-0.3, -0.25) is 0 Å². The Morgan fingerprint density at radius 1 is 1.14 bits per heavy atom. The summed E-state index contributed by atoms with van der Waals surface area (Å²) in [7, 11) is 0. The molecule has 0 radical (unpaired) electrons. The van der Waals surface area contributed by atoms with Crippen molar-refractivity contribution in [3.63, 3.8) is 0 Å². The lowest BCUT2D eigenvalue weighted by molar-refractivity contribution is 0.512. The van der Waals surface area contributed by atoms with E-state index in [0.717, 1.165) is 30.6 Å². The van der Waals surface area contributed by atoms with Crippen molar-refractivity contribution in [2.24, 2.45) is 4.99 Å². The van der Waals surface area contributed by atoms with Crippen molar-refractivity contribution >= 4 is 17.7 Å². The monoisotopic (exact) mass is 303 g/mol. The van der Waals surface area contributed by atoms with Crippen molar-refractivity contribution in [1.82, 2.24) is 10.6 Å². The lowest BCUT2D eigenvalue weighted by Gasteiger charge is -2.10. The van der Waals surface area contributed by atoms with Crippen LogP contribution in [0.5, 0.6) is 0 Å². The first-order valence-corrected chi connectivity index (χ1v) is 8.09. The van der Waals surface area contributed by atoms with Crippen molar-refractivity contribution in [2.75, 3.05) is 18.8 Å². The number of thioether (sulfide) groups is 1. The van der Waals surface area contributed by atoms with E-state index in [1.807, 2.05) is 30.0 Å². The fourth-order valence-corrected chi connectivity index (χ4v) is 2.55. The van der Waals surface area contributed by atoms with E-state index in [0.29, 0.717) is 6.54 Å². The van der Waals surface area contributed by atoms with E-state index < -0.39 is 0 Å². The van der Waals surface area contributed by atoms with Crippen LogP contribution in [-0.4, -0.2) is 24.8 Å². The molecule has 0 aliphatic carbocycles. The van der Waals surface area contributed by atoms with Gasteiger partial charge in [0.05, 0.1) is 6.26 Å². The number of hydrogen-bond acceptors (Lipinski definition) is 3. The molecule has 0 amide bonds. The van der Waals surface area contributed by atoms with Gasteiger partial charge in [0.1, 0.15) is 12.3 Å². The van der Waals surface area contributed by atoms with Crippen LogP contribution >= 0.6 is 11.8 Å². The molecule has 2 rings (SSSR count). The summed E-state index contributed by atoms with van der Waals surface area (Å²) in [4.78, 5) is 5.78. The maximum atomic E-state index is 5.28. The molecule has 21 heavy (non-hydrogen) atoms. The Labute approximate surface area is 130 Å². The van der Waals surface area contributed by atoms with Crippen molar-refractivity contribution in [2.45, 2.75) is 18.4 Å². The van der Waals surface area contributed by atoms with Crippen molar-refractivity contribution in [1.29, 1.82) is 0 Å². The minimum atomic E-state index is 0.550. The molecule has 0 unspecified atom stereocenters. The van der Waals surface area contributed by atoms with Gasteiger partial charge in [-0.25, -0.2) is 4.99 Å². The van der Waals surface area contributed by atoms with Gasteiger partial charge < -0.3 is 15.1 Å². The van der Waals surface area contributed by atoms with E-state index in [2.05, 4.69) is 46.8 Å². The van der Waals surface area contributed by atoms with Crippen LogP contribution in [0.3, 0.4) is 0 Å². The van der Waals surface area contributed by atoms with Gasteiger partial charge in [-0.2, -0.15) is 0 Å². The van der Waals surface area contributed by atoms with Crippen LogP contribution in [0.2, 0.25) is 0 Å². The molecule has 1 aromatic heterocycles. The number of guanidine groups is 1. The largest absolute Gasteiger partial charge is 0.467 e. The Bertz CT molecular complexity index is 526. The van der Waals surface area contributed by atoms with Gasteiger partial charge in [0, 0.05) is 23.7 Å². The van der Waals surface area contributed by atoms with Crippen molar-refractivity contribution < 1.29 is 4.42 Å². The molecular formula is C16H21N3OS. The number of nitrogens with one attached hydrogen (secondary N) is 2. The Kier molecular flexibility index (Phi) is 6.74. The van der Waals surface area contributed by atoms with Gasteiger partial charge in [0.2, 0.25) is 0 Å². The normalized spacial score (nSPS) is 11.4. The smallest absolute Gasteiger partial charge is 0.191 e. The van der Waals surface area contributed by atoms with Crippen molar-refractivity contribution in [3.05, 3.63) is 54.5 Å². The Morgan fingerprint density at radius 3 is 2.71 bits per heavy atom. The number of benzene rings is 1. The highest BCUT2D eigenvalue weighted by Crippen LogP contribution is 2.15. The standard InChI is InChI=1S/C16H21N3OS/c1-2-17-16(19-13-14-7-6-11-20-14)18-10-12-21-15-8-4-3-5-9-15/h3-9,11H,2,10,12-13H2,1H3,(H2,17,18,19). The Hall–Kier alpha value is -1.88. The maximum absolute atomic E-state index is 5.28. The lowest BCUT2D eigenvalue weighted by Crippen LogP contribution is -2.38. The average molecular weight is 303 g/mol. The van der Waals surface area contributed by atoms with Gasteiger partial charge in [-0.05, 0) is 31.2 Å². The highest BCUT2D eigenvalue weighted by Gasteiger charge is 1.99. The second-order valence-electron chi connectivity index (χ2n) is 4.36. The van der Waals surface area contributed by atoms with Crippen LogP contribution in [0.4, 0.5) is 0 Å². The van der Waals surface area contributed by atoms with E-state index in [4.69, 9.17) is 4.42 Å². The number of furan rings is 1. The molecule has 1 aromatic carbocycles. The molecule has 1 heterocycles. The van der Waals surface area contributed by atoms with Crippen LogP contribution in [-0.2, 0) is 6.54 Å². The minimum Gasteiger partial charge on any atom is -0.467 e. The summed E-state index contributed by atoms with van der Waals surface area (Å²) in [5.41, 5.74) is 0. The number of aliphatic imine (C=N–C) groups is 1. The summed E-state index contributed by atoms with van der Waals surface area (Å²) < 4.78 is 5.28. The zero-order valence-corrected chi connectivity index (χ0v) is 13.0. The molecule has 0 spiro atoms. The summed E-state index contributed by atoms with van der Waals surface area (Å²) >= 11 is 1.83. The fourth-order valence-electron chi connectivity index (χ4n) is 1.76. The molecule has 112 valence electrons. The fraction of sp³-hybridized carbons (Fsp3) is 0.312. The molecule has 0 bridgehead atoms. The summed E-state index contributed by atoms with van der Waals surface area (Å²) in [6.07, 6.45) is 1.67. The maximum Gasteiger partial charge on any atom is 0.191 e. The zero-order chi connectivity index (χ0) is 14.8. The van der Waals surface area contributed by atoms with E-state index in [9.17, 15) is 0 Å². The first kappa shape index (κ1) is 15.5. The zero-order valence-electron chi connectivity index (χ0n) is 12.2. The second-order valence-corrected chi connectivity index (χ2v) is 5.53. The summed E-state index contributed by atoms with van der Waals surface area (Å²) in [5, 5.41) is 6.56. The highest BCUT2D eigenvalue weighted by molar-refractivity contribution is 7.99. The summed E-state index contributed by atoms with van der Waals surface area (Å²) in [6, 6.07) is 14.2. The predicted molar refractivity (Wildman–Crippen MR) is 88.7 cm³/mol. The van der Waals surface area contributed by atoms with Crippen LogP contribution in [0.15, 0.2) is 63.0 Å². The molecule has 4 nitrogen and oxygen atoms in total. The van der Waals surface area contributed by atoms with Gasteiger partial charge in [-0.1, -0.05) is 18.2 Å². The third-order valence-corrected chi connectivity index (χ3v) is 3.74. The molecule has 0 fully saturated rings. The highest BCUT2D eigenvalue weighted by atomic mass is 32.2. The van der Waals surface area contributed by atoms with Gasteiger partial charge >= 0.3 is 0 Å². The second kappa shape index (κ2) is 9.13. The molecule has 0 saturated carbocycles. The first-order valence-electron chi connectivity index (χ1n) is 7.11. The topological polar surface area (TPSA) is 49.6 Å². The van der Waals surface area contributed by atoms with E-state index in [-0.39, 0.29) is 0 Å². The predicted octanol–water partition coefficient (Wildman–Crippen LogP) is 3.13. The molecule has 0 aliphatic rings. The minimum absolute atomic E-state index is 0.550. The number of hydrogen-bond donors (Lipinski definition) is 2. The van der Waals surface area contributed by atoms with Crippen molar-refractivity contribution in [3.8, 4) is 0 Å². The van der Waals surface area contributed by atoms with E-state index in [1.165, 1.54) is 4.90 Å². The molecule has 0 atom stereocenters.